The molecule has 4 nitrogen and oxygen atoms in total. The third kappa shape index (κ3) is 2.92. The second-order valence-electron chi connectivity index (χ2n) is 4.67. The summed E-state index contributed by atoms with van der Waals surface area (Å²) in [6, 6.07) is 1.01. The van der Waals surface area contributed by atoms with Gasteiger partial charge in [0, 0.05) is 44.7 Å². The van der Waals surface area contributed by atoms with Crippen molar-refractivity contribution >= 4 is 5.91 Å². The van der Waals surface area contributed by atoms with Gasteiger partial charge < -0.3 is 10.6 Å². The first-order valence-electron chi connectivity index (χ1n) is 6.00. The van der Waals surface area contributed by atoms with Gasteiger partial charge in [0.25, 0.3) is 0 Å². The molecule has 2 unspecified atom stereocenters. The van der Waals surface area contributed by atoms with Crippen LogP contribution in [0.25, 0.3) is 0 Å². The van der Waals surface area contributed by atoms with E-state index in [-0.39, 0.29) is 5.91 Å². The number of nitrogens with one attached hydrogen (secondary N) is 2. The minimum atomic E-state index is 0.229. The first kappa shape index (κ1) is 10.9. The Morgan fingerprint density at radius 1 is 1.47 bits per heavy atom. The minimum absolute atomic E-state index is 0.229. The van der Waals surface area contributed by atoms with Crippen molar-refractivity contribution in [1.29, 1.82) is 0 Å². The van der Waals surface area contributed by atoms with Gasteiger partial charge in [-0.2, -0.15) is 0 Å². The summed E-state index contributed by atoms with van der Waals surface area (Å²) in [5.74, 6) is 0.229. The molecule has 2 N–H and O–H groups in total. The Morgan fingerprint density at radius 2 is 2.20 bits per heavy atom. The van der Waals surface area contributed by atoms with E-state index in [4.69, 9.17) is 0 Å². The molecule has 2 rings (SSSR count). The van der Waals surface area contributed by atoms with Crippen molar-refractivity contribution < 1.29 is 4.79 Å². The fraction of sp³-hybridized carbons (Fsp3) is 0.909. The van der Waals surface area contributed by atoms with Crippen LogP contribution in [0, 0.1) is 0 Å². The number of amides is 1. The molecule has 2 heterocycles. The van der Waals surface area contributed by atoms with E-state index in [9.17, 15) is 4.79 Å². The first-order chi connectivity index (χ1) is 7.25. The summed E-state index contributed by atoms with van der Waals surface area (Å²) in [5.41, 5.74) is 0. The van der Waals surface area contributed by atoms with E-state index in [0.717, 1.165) is 45.4 Å². The van der Waals surface area contributed by atoms with Crippen LogP contribution in [0.1, 0.15) is 26.2 Å². The molecule has 2 saturated heterocycles. The average molecular weight is 211 g/mol. The highest BCUT2D eigenvalue weighted by Crippen LogP contribution is 2.15. The summed E-state index contributed by atoms with van der Waals surface area (Å²) < 4.78 is 0. The van der Waals surface area contributed by atoms with Crippen LogP contribution in [-0.2, 0) is 4.79 Å². The number of rotatable bonds is 3. The second-order valence-corrected chi connectivity index (χ2v) is 4.67. The maximum Gasteiger partial charge on any atom is 0.220 e. The lowest BCUT2D eigenvalue weighted by Gasteiger charge is -2.34. The van der Waals surface area contributed by atoms with Gasteiger partial charge in [-0.1, -0.05) is 0 Å². The molecule has 0 bridgehead atoms. The fourth-order valence-electron chi connectivity index (χ4n) is 2.54. The van der Waals surface area contributed by atoms with Gasteiger partial charge in [-0.3, -0.25) is 9.69 Å². The quantitative estimate of drug-likeness (QED) is 0.688. The van der Waals surface area contributed by atoms with Crippen molar-refractivity contribution in [2.24, 2.45) is 0 Å². The van der Waals surface area contributed by atoms with Crippen LogP contribution in [0.2, 0.25) is 0 Å². The van der Waals surface area contributed by atoms with Gasteiger partial charge in [0.2, 0.25) is 5.91 Å². The van der Waals surface area contributed by atoms with Gasteiger partial charge in [0.15, 0.2) is 0 Å². The molecule has 2 aliphatic heterocycles. The molecule has 2 fully saturated rings. The molecule has 2 atom stereocenters. The monoisotopic (exact) mass is 211 g/mol. The summed E-state index contributed by atoms with van der Waals surface area (Å²) in [6.07, 6.45) is 2.85. The number of nitrogens with zero attached hydrogens (tertiary/aromatic N) is 1. The molecular formula is C11H21N3O. The molecule has 4 heteroatoms. The molecule has 0 saturated carbocycles. The van der Waals surface area contributed by atoms with Crippen LogP contribution in [-0.4, -0.2) is 49.1 Å². The van der Waals surface area contributed by atoms with E-state index < -0.39 is 0 Å². The van der Waals surface area contributed by atoms with E-state index in [1.807, 2.05) is 0 Å². The maximum absolute atomic E-state index is 11.1. The lowest BCUT2D eigenvalue weighted by molar-refractivity contribution is -0.119. The number of carbonyl (C=O) groups is 1. The van der Waals surface area contributed by atoms with E-state index in [1.54, 1.807) is 0 Å². The number of hydrogen-bond acceptors (Lipinski definition) is 3. The predicted octanol–water partition coefficient (Wildman–Crippen LogP) is -0.0512. The van der Waals surface area contributed by atoms with Gasteiger partial charge in [-0.05, 0) is 19.8 Å². The fourth-order valence-corrected chi connectivity index (χ4v) is 2.54. The first-order valence-corrected chi connectivity index (χ1v) is 6.00. The van der Waals surface area contributed by atoms with Crippen LogP contribution in [0.15, 0.2) is 0 Å². The number of piperazine rings is 1. The Bertz CT molecular complexity index is 226. The largest absolute Gasteiger partial charge is 0.353 e. The molecule has 2 aliphatic rings. The van der Waals surface area contributed by atoms with Crippen LogP contribution in [0.3, 0.4) is 0 Å². The minimum Gasteiger partial charge on any atom is -0.353 e. The molecule has 15 heavy (non-hydrogen) atoms. The highest BCUT2D eigenvalue weighted by atomic mass is 16.1. The van der Waals surface area contributed by atoms with Gasteiger partial charge in [0.05, 0.1) is 0 Å². The van der Waals surface area contributed by atoms with Crippen molar-refractivity contribution in [3.63, 3.8) is 0 Å². The lowest BCUT2D eigenvalue weighted by atomic mass is 10.1. The van der Waals surface area contributed by atoms with Crippen LogP contribution >= 0.6 is 0 Å². The smallest absolute Gasteiger partial charge is 0.220 e. The van der Waals surface area contributed by atoms with Crippen molar-refractivity contribution in [1.82, 2.24) is 15.5 Å². The zero-order chi connectivity index (χ0) is 10.7. The Kier molecular flexibility index (Phi) is 3.59. The second kappa shape index (κ2) is 4.94. The van der Waals surface area contributed by atoms with E-state index in [0.29, 0.717) is 12.1 Å². The Morgan fingerprint density at radius 3 is 2.80 bits per heavy atom. The normalized spacial score (nSPS) is 30.2. The zero-order valence-corrected chi connectivity index (χ0v) is 9.46. The summed E-state index contributed by atoms with van der Waals surface area (Å²) in [6.45, 7) is 6.75. The molecule has 0 aromatic heterocycles. The van der Waals surface area contributed by atoms with Gasteiger partial charge in [0.1, 0.15) is 0 Å². The summed E-state index contributed by atoms with van der Waals surface area (Å²) in [7, 11) is 0. The van der Waals surface area contributed by atoms with E-state index in [1.165, 1.54) is 0 Å². The Hall–Kier alpha value is -0.610. The van der Waals surface area contributed by atoms with Gasteiger partial charge in [-0.15, -0.1) is 0 Å². The van der Waals surface area contributed by atoms with E-state index in [2.05, 4.69) is 22.5 Å². The summed E-state index contributed by atoms with van der Waals surface area (Å²) in [5, 5.41) is 6.40. The lowest BCUT2D eigenvalue weighted by Crippen LogP contribution is -2.48. The standard InChI is InChI=1S/C11H21N3O/c1-9(14-6-4-12-5-7-14)8-10-2-3-11(15)13-10/h9-10,12H,2-8H2,1H3,(H,13,15). The van der Waals surface area contributed by atoms with Crippen molar-refractivity contribution in [3.05, 3.63) is 0 Å². The number of carbonyl (C=O) groups excluding carboxylic acids is 1. The predicted molar refractivity (Wildman–Crippen MR) is 59.7 cm³/mol. The molecular weight excluding hydrogens is 190 g/mol. The van der Waals surface area contributed by atoms with E-state index >= 15 is 0 Å². The Labute approximate surface area is 91.4 Å². The molecule has 86 valence electrons. The van der Waals surface area contributed by atoms with Crippen molar-refractivity contribution in [2.75, 3.05) is 26.2 Å². The molecule has 0 aromatic carbocycles. The topological polar surface area (TPSA) is 44.4 Å². The van der Waals surface area contributed by atoms with Crippen LogP contribution in [0.4, 0.5) is 0 Å². The number of hydrogen-bond donors (Lipinski definition) is 2. The molecule has 0 aromatic rings. The maximum atomic E-state index is 11.1. The van der Waals surface area contributed by atoms with Crippen LogP contribution in [0.5, 0.6) is 0 Å². The average Bonchev–Trinajstić information content (AvgIpc) is 2.65. The Balaban J connectivity index is 1.75. The highest BCUT2D eigenvalue weighted by molar-refractivity contribution is 5.78. The van der Waals surface area contributed by atoms with Gasteiger partial charge >= 0.3 is 0 Å². The van der Waals surface area contributed by atoms with Crippen LogP contribution < -0.4 is 10.6 Å². The molecule has 0 spiro atoms. The van der Waals surface area contributed by atoms with Crippen molar-refractivity contribution in [2.45, 2.75) is 38.3 Å². The SMILES string of the molecule is CC(CC1CCC(=O)N1)N1CCNCC1. The summed E-state index contributed by atoms with van der Waals surface area (Å²) >= 11 is 0. The van der Waals surface area contributed by atoms with Crippen molar-refractivity contribution in [3.8, 4) is 0 Å². The molecule has 1 amide bonds. The third-order valence-electron chi connectivity index (χ3n) is 3.49. The molecule has 0 aliphatic carbocycles. The highest BCUT2D eigenvalue weighted by Gasteiger charge is 2.25. The zero-order valence-electron chi connectivity index (χ0n) is 9.46. The summed E-state index contributed by atoms with van der Waals surface area (Å²) in [4.78, 5) is 13.6. The van der Waals surface area contributed by atoms with Gasteiger partial charge in [-0.25, -0.2) is 0 Å². The third-order valence-corrected chi connectivity index (χ3v) is 3.49. The molecule has 0 radical (unpaired) electrons.